The summed E-state index contributed by atoms with van der Waals surface area (Å²) in [5.74, 6) is -5.57. The van der Waals surface area contributed by atoms with Crippen molar-refractivity contribution >= 4 is 11.8 Å². The van der Waals surface area contributed by atoms with Gasteiger partial charge in [0.15, 0.2) is 11.4 Å². The molecule has 2 N–H and O–H groups in total. The molecular weight excluding hydrogens is 403 g/mol. The summed E-state index contributed by atoms with van der Waals surface area (Å²) >= 11 is 0. The molecule has 2 amide bonds. The summed E-state index contributed by atoms with van der Waals surface area (Å²) in [6.07, 6.45) is 3.05. The number of aromatic hydroxyl groups is 1. The van der Waals surface area contributed by atoms with E-state index in [1.54, 1.807) is 7.05 Å². The molecule has 1 saturated carbocycles. The molecule has 1 atom stereocenters. The molecule has 1 aliphatic carbocycles. The van der Waals surface area contributed by atoms with Gasteiger partial charge in [-0.3, -0.25) is 14.4 Å². The highest BCUT2D eigenvalue weighted by Gasteiger charge is 2.41. The maximum absolute atomic E-state index is 13.8. The SMILES string of the molecule is CN1CC(C2CC2)n2cc(C(=O)NCc3c(F)cc(F)cc3F)c(=O)c(O)c2C1=O. The average molecular weight is 421 g/mol. The molecule has 0 saturated heterocycles. The van der Waals surface area contributed by atoms with Crippen molar-refractivity contribution in [1.29, 1.82) is 0 Å². The predicted molar refractivity (Wildman–Crippen MR) is 98.6 cm³/mol. The summed E-state index contributed by atoms with van der Waals surface area (Å²) in [6.45, 7) is -0.266. The number of likely N-dealkylation sites (N-methyl/N-ethyl adjacent to an activating group) is 1. The number of halogens is 3. The molecule has 30 heavy (non-hydrogen) atoms. The van der Waals surface area contributed by atoms with Gasteiger partial charge in [0.1, 0.15) is 23.0 Å². The maximum atomic E-state index is 13.8. The average Bonchev–Trinajstić information content (AvgIpc) is 3.51. The number of pyridine rings is 1. The van der Waals surface area contributed by atoms with Crippen molar-refractivity contribution < 1.29 is 27.9 Å². The first-order chi connectivity index (χ1) is 14.2. The minimum absolute atomic E-state index is 0.183. The molecule has 158 valence electrons. The van der Waals surface area contributed by atoms with Gasteiger partial charge in [-0.1, -0.05) is 0 Å². The summed E-state index contributed by atoms with van der Waals surface area (Å²) in [7, 11) is 1.57. The third-order valence-corrected chi connectivity index (χ3v) is 5.52. The minimum atomic E-state index is -1.18. The molecule has 10 heteroatoms. The second-order valence-corrected chi connectivity index (χ2v) is 7.60. The van der Waals surface area contributed by atoms with Crippen LogP contribution in [0.3, 0.4) is 0 Å². The van der Waals surface area contributed by atoms with Gasteiger partial charge in [0.25, 0.3) is 11.8 Å². The number of nitrogens with zero attached hydrogens (tertiary/aromatic N) is 2. The Balaban J connectivity index is 1.67. The smallest absolute Gasteiger partial charge is 0.274 e. The van der Waals surface area contributed by atoms with E-state index in [0.717, 1.165) is 12.8 Å². The highest BCUT2D eigenvalue weighted by Crippen LogP contribution is 2.43. The zero-order chi connectivity index (χ0) is 21.7. The Bertz CT molecular complexity index is 1100. The Morgan fingerprint density at radius 2 is 1.83 bits per heavy atom. The summed E-state index contributed by atoms with van der Waals surface area (Å²) in [5, 5.41) is 12.6. The lowest BCUT2D eigenvalue weighted by molar-refractivity contribution is 0.0696. The molecule has 7 nitrogen and oxygen atoms in total. The highest BCUT2D eigenvalue weighted by atomic mass is 19.1. The topological polar surface area (TPSA) is 91.6 Å². The predicted octanol–water partition coefficient (Wildman–Crippen LogP) is 1.94. The first-order valence-electron chi connectivity index (χ1n) is 9.34. The van der Waals surface area contributed by atoms with Crippen molar-refractivity contribution in [3.63, 3.8) is 0 Å². The minimum Gasteiger partial charge on any atom is -0.503 e. The zero-order valence-electron chi connectivity index (χ0n) is 15.9. The number of carbonyl (C=O) groups excluding carboxylic acids is 2. The number of amides is 2. The molecule has 0 bridgehead atoms. The molecule has 1 aromatic carbocycles. The second kappa shape index (κ2) is 7.19. The van der Waals surface area contributed by atoms with Crippen LogP contribution in [0.1, 0.15) is 45.3 Å². The first kappa shape index (κ1) is 20.0. The van der Waals surface area contributed by atoms with Crippen molar-refractivity contribution in [2.24, 2.45) is 5.92 Å². The van der Waals surface area contributed by atoms with Crippen LogP contribution in [0.25, 0.3) is 0 Å². The van der Waals surface area contributed by atoms with E-state index in [2.05, 4.69) is 5.32 Å². The van der Waals surface area contributed by atoms with Crippen LogP contribution in [-0.2, 0) is 6.54 Å². The van der Waals surface area contributed by atoms with E-state index < -0.39 is 58.1 Å². The molecule has 1 aliphatic heterocycles. The van der Waals surface area contributed by atoms with Crippen molar-refractivity contribution in [3.05, 3.63) is 62.8 Å². The van der Waals surface area contributed by atoms with Crippen LogP contribution in [0, 0.1) is 23.4 Å². The number of nitrogens with one attached hydrogen (secondary N) is 1. The number of carbonyl (C=O) groups is 2. The molecule has 0 radical (unpaired) electrons. The zero-order valence-corrected chi connectivity index (χ0v) is 15.9. The standard InChI is InChI=1S/C20H18F3N3O4/c1-25-8-15(9-2-3-9)26-7-12(17(27)18(28)16(26)20(25)30)19(29)24-6-11-13(22)4-10(21)5-14(11)23/h4-5,7,9,15,28H,2-3,6,8H2,1H3,(H,24,29). The van der Waals surface area contributed by atoms with Gasteiger partial charge in [-0.05, 0) is 18.8 Å². The fourth-order valence-electron chi connectivity index (χ4n) is 3.75. The van der Waals surface area contributed by atoms with Gasteiger partial charge >= 0.3 is 0 Å². The molecular formula is C20H18F3N3O4. The van der Waals surface area contributed by atoms with E-state index in [1.165, 1.54) is 15.7 Å². The fraction of sp³-hybridized carbons (Fsp3) is 0.350. The van der Waals surface area contributed by atoms with Gasteiger partial charge in [0, 0.05) is 44.0 Å². The van der Waals surface area contributed by atoms with Gasteiger partial charge in [-0.2, -0.15) is 0 Å². The van der Waals surface area contributed by atoms with Gasteiger partial charge < -0.3 is 19.9 Å². The van der Waals surface area contributed by atoms with E-state index in [9.17, 15) is 32.7 Å². The van der Waals surface area contributed by atoms with Gasteiger partial charge in [-0.25, -0.2) is 13.2 Å². The van der Waals surface area contributed by atoms with Crippen molar-refractivity contribution in [3.8, 4) is 5.75 Å². The normalized spacial score (nSPS) is 18.3. The lowest BCUT2D eigenvalue weighted by atomic mass is 10.0. The van der Waals surface area contributed by atoms with Crippen LogP contribution >= 0.6 is 0 Å². The van der Waals surface area contributed by atoms with Crippen LogP contribution in [0.4, 0.5) is 13.2 Å². The maximum Gasteiger partial charge on any atom is 0.274 e. The van der Waals surface area contributed by atoms with Gasteiger partial charge in [0.05, 0.1) is 6.04 Å². The van der Waals surface area contributed by atoms with Crippen LogP contribution in [0.5, 0.6) is 5.75 Å². The number of hydrogen-bond donors (Lipinski definition) is 2. The van der Waals surface area contributed by atoms with E-state index in [0.29, 0.717) is 18.7 Å². The summed E-state index contributed by atoms with van der Waals surface area (Å²) in [5.41, 5.74) is -2.27. The molecule has 4 rings (SSSR count). The number of hydrogen-bond acceptors (Lipinski definition) is 4. The monoisotopic (exact) mass is 421 g/mol. The summed E-state index contributed by atoms with van der Waals surface area (Å²) in [4.78, 5) is 39.0. The van der Waals surface area contributed by atoms with Crippen molar-refractivity contribution in [2.75, 3.05) is 13.6 Å². The van der Waals surface area contributed by atoms with E-state index >= 15 is 0 Å². The quantitative estimate of drug-likeness (QED) is 0.790. The third-order valence-electron chi connectivity index (χ3n) is 5.52. The van der Waals surface area contributed by atoms with Crippen LogP contribution < -0.4 is 10.7 Å². The Morgan fingerprint density at radius 1 is 1.20 bits per heavy atom. The highest BCUT2D eigenvalue weighted by molar-refractivity contribution is 5.99. The number of benzene rings is 1. The number of rotatable bonds is 4. The molecule has 2 aliphatic rings. The number of aromatic nitrogens is 1. The Hall–Kier alpha value is -3.30. The van der Waals surface area contributed by atoms with Gasteiger partial charge in [-0.15, -0.1) is 0 Å². The van der Waals surface area contributed by atoms with Crippen molar-refractivity contribution in [2.45, 2.75) is 25.4 Å². The van der Waals surface area contributed by atoms with Gasteiger partial charge in [0.2, 0.25) is 5.43 Å². The molecule has 1 fully saturated rings. The summed E-state index contributed by atoms with van der Waals surface area (Å²) in [6, 6.07) is 0.756. The van der Waals surface area contributed by atoms with E-state index in [-0.39, 0.29) is 17.7 Å². The number of fused-ring (bicyclic) bond motifs is 1. The summed E-state index contributed by atoms with van der Waals surface area (Å²) < 4.78 is 42.0. The molecule has 2 heterocycles. The van der Waals surface area contributed by atoms with Crippen molar-refractivity contribution in [1.82, 2.24) is 14.8 Å². The van der Waals surface area contributed by atoms with Crippen LogP contribution in [0.2, 0.25) is 0 Å². The molecule has 1 aromatic heterocycles. The third kappa shape index (κ3) is 3.31. The largest absolute Gasteiger partial charge is 0.503 e. The Labute approximate surface area is 168 Å². The molecule has 0 spiro atoms. The Morgan fingerprint density at radius 3 is 2.43 bits per heavy atom. The Kier molecular flexibility index (Phi) is 4.79. The fourth-order valence-corrected chi connectivity index (χ4v) is 3.75. The first-order valence-corrected chi connectivity index (χ1v) is 9.34. The molecule has 1 unspecified atom stereocenters. The van der Waals surface area contributed by atoms with Crippen LogP contribution in [-0.4, -0.2) is 40.0 Å². The van der Waals surface area contributed by atoms with Crippen LogP contribution in [0.15, 0.2) is 23.1 Å². The van der Waals surface area contributed by atoms with E-state index in [4.69, 9.17) is 0 Å². The van der Waals surface area contributed by atoms with E-state index in [1.807, 2.05) is 0 Å². The second-order valence-electron chi connectivity index (χ2n) is 7.60. The lowest BCUT2D eigenvalue weighted by Gasteiger charge is -2.34. The lowest BCUT2D eigenvalue weighted by Crippen LogP contribution is -2.43. The molecule has 2 aromatic rings.